The van der Waals surface area contributed by atoms with Crippen LogP contribution in [0.25, 0.3) is 22.6 Å². The van der Waals surface area contributed by atoms with Gasteiger partial charge in [0, 0.05) is 12.1 Å². The van der Waals surface area contributed by atoms with Gasteiger partial charge in [-0.2, -0.15) is 5.10 Å². The monoisotopic (exact) mass is 336 g/mol. The van der Waals surface area contributed by atoms with Gasteiger partial charge in [0.1, 0.15) is 0 Å². The van der Waals surface area contributed by atoms with Crippen molar-refractivity contribution < 1.29 is 15.0 Å². The first kappa shape index (κ1) is 15.2. The number of aromatic amines is 1. The lowest BCUT2D eigenvalue weighted by Crippen LogP contribution is -2.04. The predicted octanol–water partition coefficient (Wildman–Crippen LogP) is 3.31. The van der Waals surface area contributed by atoms with E-state index in [-0.39, 0.29) is 11.5 Å². The summed E-state index contributed by atoms with van der Waals surface area (Å²) in [5, 5.41) is 22.8. The molecule has 1 aliphatic carbocycles. The van der Waals surface area contributed by atoms with E-state index in [1.807, 2.05) is 31.2 Å². The molecule has 0 bridgehead atoms. The van der Waals surface area contributed by atoms with Gasteiger partial charge in [-0.05, 0) is 35.8 Å². The highest BCUT2D eigenvalue weighted by Crippen LogP contribution is 2.31. The number of imidazole rings is 1. The maximum atomic E-state index is 11.0. The van der Waals surface area contributed by atoms with E-state index in [0.717, 1.165) is 28.6 Å². The number of hydrogen-bond donors (Lipinski definition) is 3. The smallest absolute Gasteiger partial charge is 0.338 e. The number of H-pyrrole nitrogens is 1. The van der Waals surface area contributed by atoms with E-state index < -0.39 is 5.97 Å². The number of fused-ring (bicyclic) bond motifs is 1. The Bertz CT molecular complexity index is 1040. The number of aliphatic hydroxyl groups excluding tert-OH is 1. The van der Waals surface area contributed by atoms with Crippen molar-refractivity contribution in [3.05, 3.63) is 59.6 Å². The lowest BCUT2D eigenvalue weighted by Gasteiger charge is -2.17. The summed E-state index contributed by atoms with van der Waals surface area (Å²) >= 11 is 0. The van der Waals surface area contributed by atoms with Crippen LogP contribution in [-0.2, 0) is 0 Å². The number of carboxylic acid groups (broad SMARTS) is 1. The maximum absolute atomic E-state index is 11.0. The highest BCUT2D eigenvalue weighted by Gasteiger charge is 2.16. The molecule has 25 heavy (non-hydrogen) atoms. The minimum atomic E-state index is -1.03. The van der Waals surface area contributed by atoms with Crippen LogP contribution >= 0.6 is 0 Å². The fraction of sp³-hybridized carbons (Fsp3) is 0.167. The average molecular weight is 336 g/mol. The molecule has 1 unspecified atom stereocenters. The third-order valence-electron chi connectivity index (χ3n) is 4.37. The van der Waals surface area contributed by atoms with Crippen LogP contribution < -0.4 is 0 Å². The van der Waals surface area contributed by atoms with E-state index in [2.05, 4.69) is 15.1 Å². The van der Waals surface area contributed by atoms with Gasteiger partial charge in [-0.1, -0.05) is 19.1 Å². The summed E-state index contributed by atoms with van der Waals surface area (Å²) < 4.78 is 1.41. The van der Waals surface area contributed by atoms with Gasteiger partial charge in [0.15, 0.2) is 0 Å². The summed E-state index contributed by atoms with van der Waals surface area (Å²) in [4.78, 5) is 18.6. The van der Waals surface area contributed by atoms with Crippen molar-refractivity contribution in [2.45, 2.75) is 13.3 Å². The number of aliphatic hydroxyl groups is 1. The molecule has 0 radical (unpaired) electrons. The quantitative estimate of drug-likeness (QED) is 0.681. The Morgan fingerprint density at radius 1 is 1.36 bits per heavy atom. The zero-order valence-electron chi connectivity index (χ0n) is 13.5. The number of carbonyl (C=O) groups is 1. The fourth-order valence-electron chi connectivity index (χ4n) is 2.92. The standard InChI is InChI=1S/C18H16N4O3/c1-10-6-11(3-5-16(10)23)12-2-4-14-15(7-12)21-18(20-14)22-9-13(8-19-22)17(24)25/h2-5,7-10,23H,6H2,1H3,(H,20,21)(H,24,25). The van der Waals surface area contributed by atoms with Crippen molar-refractivity contribution in [1.82, 2.24) is 19.7 Å². The molecule has 0 spiro atoms. The van der Waals surface area contributed by atoms with E-state index in [1.165, 1.54) is 17.1 Å². The molecule has 0 fully saturated rings. The summed E-state index contributed by atoms with van der Waals surface area (Å²) in [6, 6.07) is 5.91. The van der Waals surface area contributed by atoms with Gasteiger partial charge in [-0.3, -0.25) is 0 Å². The van der Waals surface area contributed by atoms with Crippen molar-refractivity contribution >= 4 is 22.6 Å². The first-order chi connectivity index (χ1) is 12.0. The van der Waals surface area contributed by atoms with Crippen molar-refractivity contribution in [2.24, 2.45) is 5.92 Å². The molecule has 126 valence electrons. The number of rotatable bonds is 3. The van der Waals surface area contributed by atoms with Crippen molar-refractivity contribution in [2.75, 3.05) is 0 Å². The molecule has 0 amide bonds. The molecule has 7 nitrogen and oxygen atoms in total. The summed E-state index contributed by atoms with van der Waals surface area (Å²) in [5.41, 5.74) is 3.93. The Hall–Kier alpha value is -3.35. The minimum absolute atomic E-state index is 0.103. The Labute approximate surface area is 142 Å². The van der Waals surface area contributed by atoms with Crippen molar-refractivity contribution in [3.63, 3.8) is 0 Å². The molecule has 3 N–H and O–H groups in total. The summed E-state index contributed by atoms with van der Waals surface area (Å²) in [5.74, 6) is -0.0596. The average Bonchev–Trinajstić information content (AvgIpc) is 3.22. The number of hydrogen-bond acceptors (Lipinski definition) is 4. The summed E-state index contributed by atoms with van der Waals surface area (Å²) in [7, 11) is 0. The van der Waals surface area contributed by atoms with Crippen LogP contribution in [0.1, 0.15) is 29.3 Å². The van der Waals surface area contributed by atoms with Gasteiger partial charge in [0.05, 0.1) is 28.6 Å². The van der Waals surface area contributed by atoms with Crippen LogP contribution in [0.3, 0.4) is 0 Å². The molecule has 1 aliphatic rings. The van der Waals surface area contributed by atoms with E-state index in [0.29, 0.717) is 11.7 Å². The predicted molar refractivity (Wildman–Crippen MR) is 92.6 cm³/mol. The lowest BCUT2D eigenvalue weighted by molar-refractivity contribution is 0.0697. The van der Waals surface area contributed by atoms with Gasteiger partial charge in [-0.15, -0.1) is 0 Å². The number of allylic oxidation sites excluding steroid dienone is 4. The Morgan fingerprint density at radius 2 is 2.20 bits per heavy atom. The van der Waals surface area contributed by atoms with Gasteiger partial charge in [0.25, 0.3) is 0 Å². The molecule has 7 heteroatoms. The topological polar surface area (TPSA) is 104 Å². The molecule has 1 aromatic carbocycles. The molecule has 0 saturated carbocycles. The second kappa shape index (κ2) is 5.62. The number of benzene rings is 1. The summed E-state index contributed by atoms with van der Waals surface area (Å²) in [6.45, 7) is 1.99. The first-order valence-electron chi connectivity index (χ1n) is 7.89. The number of carboxylic acids is 1. The Morgan fingerprint density at radius 3 is 2.92 bits per heavy atom. The lowest BCUT2D eigenvalue weighted by atomic mass is 9.90. The van der Waals surface area contributed by atoms with Gasteiger partial charge >= 0.3 is 5.97 Å². The highest BCUT2D eigenvalue weighted by molar-refractivity contribution is 5.87. The largest absolute Gasteiger partial charge is 0.512 e. The van der Waals surface area contributed by atoms with Crippen LogP contribution in [0, 0.1) is 5.92 Å². The molecule has 2 aromatic heterocycles. The second-order valence-corrected chi connectivity index (χ2v) is 6.16. The third-order valence-corrected chi connectivity index (χ3v) is 4.37. The number of aromatic nitrogens is 4. The maximum Gasteiger partial charge on any atom is 0.338 e. The SMILES string of the molecule is CC1CC(c2ccc3nc(-n4cc(C(=O)O)cn4)[nH]c3c2)=CC=C1O. The molecule has 0 aliphatic heterocycles. The zero-order chi connectivity index (χ0) is 17.6. The third kappa shape index (κ3) is 2.69. The number of aromatic carboxylic acids is 1. The number of nitrogens with zero attached hydrogens (tertiary/aromatic N) is 3. The summed E-state index contributed by atoms with van der Waals surface area (Å²) in [6.07, 6.45) is 7.15. The van der Waals surface area contributed by atoms with E-state index >= 15 is 0 Å². The molecule has 3 aromatic rings. The molecular weight excluding hydrogens is 320 g/mol. The molecular formula is C18H16N4O3. The van der Waals surface area contributed by atoms with Gasteiger partial charge in [0.2, 0.25) is 5.95 Å². The van der Waals surface area contributed by atoms with Crippen LogP contribution in [0.2, 0.25) is 0 Å². The first-order valence-corrected chi connectivity index (χ1v) is 7.89. The van der Waals surface area contributed by atoms with Gasteiger partial charge in [-0.25, -0.2) is 14.5 Å². The van der Waals surface area contributed by atoms with E-state index in [1.54, 1.807) is 6.08 Å². The molecule has 1 atom stereocenters. The Balaban J connectivity index is 1.71. The Kier molecular flexibility index (Phi) is 3.42. The number of nitrogens with one attached hydrogen (secondary N) is 1. The van der Waals surface area contributed by atoms with Gasteiger partial charge < -0.3 is 15.2 Å². The minimum Gasteiger partial charge on any atom is -0.512 e. The molecule has 4 rings (SSSR count). The van der Waals surface area contributed by atoms with Crippen LogP contribution in [0.5, 0.6) is 0 Å². The van der Waals surface area contributed by atoms with Crippen molar-refractivity contribution in [1.29, 1.82) is 0 Å². The fourth-order valence-corrected chi connectivity index (χ4v) is 2.92. The van der Waals surface area contributed by atoms with E-state index in [4.69, 9.17) is 5.11 Å². The van der Waals surface area contributed by atoms with Crippen LogP contribution in [0.4, 0.5) is 0 Å². The van der Waals surface area contributed by atoms with Crippen LogP contribution in [-0.4, -0.2) is 35.9 Å². The molecule has 2 heterocycles. The second-order valence-electron chi connectivity index (χ2n) is 6.16. The van der Waals surface area contributed by atoms with Crippen LogP contribution in [0.15, 0.2) is 48.5 Å². The van der Waals surface area contributed by atoms with E-state index in [9.17, 15) is 9.90 Å². The highest BCUT2D eigenvalue weighted by atomic mass is 16.4. The molecule has 0 saturated heterocycles. The van der Waals surface area contributed by atoms with Crippen molar-refractivity contribution in [3.8, 4) is 5.95 Å². The normalized spacial score (nSPS) is 17.4. The zero-order valence-corrected chi connectivity index (χ0v) is 13.5.